The van der Waals surface area contributed by atoms with Gasteiger partial charge in [0.05, 0.1) is 6.61 Å². The number of carbonyl (C=O) groups is 1. The summed E-state index contributed by atoms with van der Waals surface area (Å²) in [6.07, 6.45) is -3.39. The van der Waals surface area contributed by atoms with Gasteiger partial charge in [-0.05, 0) is 55.7 Å². The van der Waals surface area contributed by atoms with Gasteiger partial charge in [-0.1, -0.05) is 5.16 Å². The molecule has 0 unspecified atom stereocenters. The number of aryl methyl sites for hydroxylation is 3. The first-order chi connectivity index (χ1) is 13.6. The number of ketones is 1. The largest absolute Gasteiger partial charge is 0.493 e. The Morgan fingerprint density at radius 3 is 2.41 bits per heavy atom. The Labute approximate surface area is 164 Å². The fraction of sp³-hybridized carbons (Fsp3) is 0.350. The first kappa shape index (κ1) is 20.6. The first-order valence-electron chi connectivity index (χ1n) is 8.90. The van der Waals surface area contributed by atoms with Crippen molar-refractivity contribution < 1.29 is 31.6 Å². The van der Waals surface area contributed by atoms with E-state index in [1.165, 1.54) is 6.92 Å². The van der Waals surface area contributed by atoms with Gasteiger partial charge in [0.1, 0.15) is 11.5 Å². The van der Waals surface area contributed by atoms with Gasteiger partial charge in [-0.2, -0.15) is 18.2 Å². The Hall–Kier alpha value is -3.10. The molecular formula is C20H19F3N2O4. The Morgan fingerprint density at radius 2 is 1.86 bits per heavy atom. The summed E-state index contributed by atoms with van der Waals surface area (Å²) < 4.78 is 53.5. The van der Waals surface area contributed by atoms with E-state index >= 15 is 0 Å². The quantitative estimate of drug-likeness (QED) is 0.396. The summed E-state index contributed by atoms with van der Waals surface area (Å²) in [5, 5.41) is 3.41. The Bertz CT molecular complexity index is 998. The van der Waals surface area contributed by atoms with Crippen molar-refractivity contribution in [1.82, 2.24) is 10.1 Å². The minimum atomic E-state index is -4.68. The predicted octanol–water partition coefficient (Wildman–Crippen LogP) is 5.18. The second-order valence-corrected chi connectivity index (χ2v) is 6.63. The Balaban J connectivity index is 1.63. The number of furan rings is 1. The van der Waals surface area contributed by atoms with Gasteiger partial charge in [-0.3, -0.25) is 4.79 Å². The standard InChI is InChI=1S/C20H19F3N2O4/c1-11-9-14(18-24-19(29-25-18)20(21,22)23)10-12(2)17(11)27-8-4-5-15-6-7-16(28-15)13(3)26/h6-7,9-10H,4-5,8H2,1-3H3. The van der Waals surface area contributed by atoms with Crippen molar-refractivity contribution in [2.45, 2.75) is 39.8 Å². The third-order valence-electron chi connectivity index (χ3n) is 4.21. The molecule has 1 aromatic carbocycles. The maximum atomic E-state index is 12.6. The average molecular weight is 408 g/mol. The van der Waals surface area contributed by atoms with Gasteiger partial charge in [0.25, 0.3) is 0 Å². The normalized spacial score (nSPS) is 11.7. The second-order valence-electron chi connectivity index (χ2n) is 6.63. The minimum Gasteiger partial charge on any atom is -0.493 e. The van der Waals surface area contributed by atoms with E-state index in [-0.39, 0.29) is 11.6 Å². The van der Waals surface area contributed by atoms with Crippen LogP contribution in [0.15, 0.2) is 33.2 Å². The molecule has 0 amide bonds. The van der Waals surface area contributed by atoms with E-state index < -0.39 is 12.1 Å². The molecule has 0 aliphatic carbocycles. The van der Waals surface area contributed by atoms with Crippen molar-refractivity contribution in [3.05, 3.63) is 52.8 Å². The highest BCUT2D eigenvalue weighted by molar-refractivity contribution is 5.91. The molecule has 0 aliphatic heterocycles. The van der Waals surface area contributed by atoms with Gasteiger partial charge in [-0.25, -0.2) is 0 Å². The number of aromatic nitrogens is 2. The van der Waals surface area contributed by atoms with Crippen LogP contribution in [0.1, 0.15) is 46.7 Å². The number of hydrogen-bond acceptors (Lipinski definition) is 6. The van der Waals surface area contributed by atoms with Crippen LogP contribution in [0.5, 0.6) is 5.75 Å². The number of hydrogen-bond donors (Lipinski definition) is 0. The third kappa shape index (κ3) is 4.85. The summed E-state index contributed by atoms with van der Waals surface area (Å²) in [6, 6.07) is 6.72. The van der Waals surface area contributed by atoms with Crippen molar-refractivity contribution >= 4 is 5.78 Å². The summed E-state index contributed by atoms with van der Waals surface area (Å²) in [6.45, 7) is 5.45. The van der Waals surface area contributed by atoms with Gasteiger partial charge in [0.15, 0.2) is 11.5 Å². The van der Waals surface area contributed by atoms with Crippen LogP contribution < -0.4 is 4.74 Å². The van der Waals surface area contributed by atoms with Crippen molar-refractivity contribution in [3.8, 4) is 17.1 Å². The van der Waals surface area contributed by atoms with E-state index in [9.17, 15) is 18.0 Å². The summed E-state index contributed by atoms with van der Waals surface area (Å²) in [5.41, 5.74) is 1.91. The van der Waals surface area contributed by atoms with E-state index in [4.69, 9.17) is 9.15 Å². The predicted molar refractivity (Wildman–Crippen MR) is 96.7 cm³/mol. The first-order valence-corrected chi connectivity index (χ1v) is 8.90. The van der Waals surface area contributed by atoms with Gasteiger partial charge < -0.3 is 13.7 Å². The van der Waals surface area contributed by atoms with Crippen LogP contribution in [0.25, 0.3) is 11.4 Å². The number of halogens is 3. The highest BCUT2D eigenvalue weighted by Crippen LogP contribution is 2.32. The summed E-state index contributed by atoms with van der Waals surface area (Å²) in [4.78, 5) is 14.6. The lowest BCUT2D eigenvalue weighted by Gasteiger charge is -2.13. The van der Waals surface area contributed by atoms with Crippen LogP contribution >= 0.6 is 0 Å². The van der Waals surface area contributed by atoms with Crippen LogP contribution in [0.2, 0.25) is 0 Å². The number of ether oxygens (including phenoxy) is 1. The molecule has 0 spiro atoms. The van der Waals surface area contributed by atoms with Gasteiger partial charge in [0, 0.05) is 18.9 Å². The minimum absolute atomic E-state index is 0.122. The fourth-order valence-corrected chi connectivity index (χ4v) is 2.89. The molecule has 29 heavy (non-hydrogen) atoms. The molecule has 3 rings (SSSR count). The van der Waals surface area contributed by atoms with Crippen LogP contribution in [0.3, 0.4) is 0 Å². The van der Waals surface area contributed by atoms with Crippen molar-refractivity contribution in [1.29, 1.82) is 0 Å². The Kier molecular flexibility index (Phi) is 5.76. The Morgan fingerprint density at radius 1 is 1.17 bits per heavy atom. The van der Waals surface area contributed by atoms with E-state index in [2.05, 4.69) is 14.7 Å². The van der Waals surface area contributed by atoms with Crippen LogP contribution in [-0.4, -0.2) is 22.5 Å². The highest BCUT2D eigenvalue weighted by Gasteiger charge is 2.38. The van der Waals surface area contributed by atoms with E-state index in [0.717, 1.165) is 11.1 Å². The SMILES string of the molecule is CC(=O)c1ccc(CCCOc2c(C)cc(-c3noc(C(F)(F)F)n3)cc2C)o1. The molecule has 0 bridgehead atoms. The maximum Gasteiger partial charge on any atom is 0.471 e. The molecule has 9 heteroatoms. The molecule has 2 aromatic heterocycles. The molecule has 0 N–H and O–H groups in total. The molecule has 3 aromatic rings. The second kappa shape index (κ2) is 8.10. The lowest BCUT2D eigenvalue weighted by atomic mass is 10.1. The topological polar surface area (TPSA) is 78.4 Å². The van der Waals surface area contributed by atoms with Crippen LogP contribution in [-0.2, 0) is 12.6 Å². The molecule has 0 radical (unpaired) electrons. The summed E-state index contributed by atoms with van der Waals surface area (Å²) >= 11 is 0. The molecule has 0 saturated carbocycles. The lowest BCUT2D eigenvalue weighted by Crippen LogP contribution is -2.05. The molecule has 0 fully saturated rings. The zero-order valence-corrected chi connectivity index (χ0v) is 16.1. The van der Waals surface area contributed by atoms with Crippen molar-refractivity contribution in [3.63, 3.8) is 0 Å². The number of carbonyl (C=O) groups excluding carboxylic acids is 1. The highest BCUT2D eigenvalue weighted by atomic mass is 19.4. The number of nitrogens with zero attached hydrogens (tertiary/aromatic N) is 2. The summed E-state index contributed by atoms with van der Waals surface area (Å²) in [5.74, 6) is 0.0571. The van der Waals surface area contributed by atoms with Crippen LogP contribution in [0.4, 0.5) is 13.2 Å². The zero-order valence-electron chi connectivity index (χ0n) is 16.1. The third-order valence-corrected chi connectivity index (χ3v) is 4.21. The number of Topliss-reactive ketones (excluding diaryl/α,β-unsaturated/α-hetero) is 1. The van der Waals surface area contributed by atoms with Gasteiger partial charge in [-0.15, -0.1) is 0 Å². The molecule has 0 saturated heterocycles. The number of alkyl halides is 3. The zero-order chi connectivity index (χ0) is 21.2. The summed E-state index contributed by atoms with van der Waals surface area (Å²) in [7, 11) is 0. The maximum absolute atomic E-state index is 12.6. The molecule has 6 nitrogen and oxygen atoms in total. The average Bonchev–Trinajstić information content (AvgIpc) is 3.29. The number of rotatable bonds is 7. The monoisotopic (exact) mass is 408 g/mol. The fourth-order valence-electron chi connectivity index (χ4n) is 2.89. The number of benzene rings is 1. The van der Waals surface area contributed by atoms with Gasteiger partial charge in [0.2, 0.25) is 5.82 Å². The molecule has 2 heterocycles. The molecule has 0 atom stereocenters. The molecule has 0 aliphatic rings. The van der Waals surface area contributed by atoms with E-state index in [1.807, 2.05) is 0 Å². The van der Waals surface area contributed by atoms with Crippen molar-refractivity contribution in [2.75, 3.05) is 6.61 Å². The van der Waals surface area contributed by atoms with Crippen molar-refractivity contribution in [2.24, 2.45) is 0 Å². The van der Waals surface area contributed by atoms with E-state index in [0.29, 0.717) is 42.3 Å². The smallest absolute Gasteiger partial charge is 0.471 e. The van der Waals surface area contributed by atoms with Crippen LogP contribution in [0, 0.1) is 13.8 Å². The lowest BCUT2D eigenvalue weighted by molar-refractivity contribution is -0.159. The van der Waals surface area contributed by atoms with E-state index in [1.54, 1.807) is 38.1 Å². The molecule has 154 valence electrons. The van der Waals surface area contributed by atoms with Gasteiger partial charge >= 0.3 is 12.1 Å². The molecular weight excluding hydrogens is 389 g/mol.